The molecule has 62 valence electrons. The second-order valence-electron chi connectivity index (χ2n) is 1.74. The molecule has 4 heteroatoms. The van der Waals surface area contributed by atoms with Gasteiger partial charge < -0.3 is 10.1 Å². The normalized spacial score (nSPS) is 9.55. The maximum atomic E-state index is 10.6. The molecule has 0 aromatic carbocycles. The molecule has 0 saturated carbocycles. The van der Waals surface area contributed by atoms with E-state index < -0.39 is 0 Å². The standard InChI is InChI=1S/C7H11NO3/c1-2-3-7(10)11-5-4-8-6-9/h2-3,6H,4-5H2,1H3,(H,8,9)/b3-2+. The Hall–Kier alpha value is -1.32. The molecule has 0 radical (unpaired) electrons. The molecule has 0 spiro atoms. The van der Waals surface area contributed by atoms with Gasteiger partial charge in [-0.15, -0.1) is 0 Å². The van der Waals surface area contributed by atoms with Crippen LogP contribution in [0.3, 0.4) is 0 Å². The molecule has 0 bridgehead atoms. The monoisotopic (exact) mass is 157 g/mol. The number of ether oxygens (including phenoxy) is 1. The third-order valence-electron chi connectivity index (χ3n) is 0.877. The maximum Gasteiger partial charge on any atom is 0.330 e. The summed E-state index contributed by atoms with van der Waals surface area (Å²) in [5, 5.41) is 2.36. The smallest absolute Gasteiger partial charge is 0.330 e. The highest BCUT2D eigenvalue weighted by Gasteiger charge is 1.93. The summed E-state index contributed by atoms with van der Waals surface area (Å²) in [5.41, 5.74) is 0. The second kappa shape index (κ2) is 6.80. The quantitative estimate of drug-likeness (QED) is 0.261. The van der Waals surface area contributed by atoms with E-state index in [1.807, 2.05) is 0 Å². The zero-order valence-electron chi connectivity index (χ0n) is 6.37. The van der Waals surface area contributed by atoms with Crippen molar-refractivity contribution in [3.05, 3.63) is 12.2 Å². The molecule has 0 unspecified atom stereocenters. The van der Waals surface area contributed by atoms with E-state index in [2.05, 4.69) is 10.1 Å². The lowest BCUT2D eigenvalue weighted by atomic mass is 10.5. The Morgan fingerprint density at radius 1 is 1.64 bits per heavy atom. The summed E-state index contributed by atoms with van der Waals surface area (Å²) < 4.78 is 4.64. The second-order valence-corrected chi connectivity index (χ2v) is 1.74. The lowest BCUT2D eigenvalue weighted by Crippen LogP contribution is -2.18. The Morgan fingerprint density at radius 3 is 2.91 bits per heavy atom. The summed E-state index contributed by atoms with van der Waals surface area (Å²) in [7, 11) is 0. The van der Waals surface area contributed by atoms with Crippen molar-refractivity contribution in [3.8, 4) is 0 Å². The van der Waals surface area contributed by atoms with Gasteiger partial charge in [-0.05, 0) is 6.92 Å². The molecule has 0 atom stereocenters. The van der Waals surface area contributed by atoms with Crippen LogP contribution in [0.4, 0.5) is 0 Å². The average molecular weight is 157 g/mol. The summed E-state index contributed by atoms with van der Waals surface area (Å²) in [6.07, 6.45) is 3.47. The molecule has 0 aromatic rings. The number of esters is 1. The van der Waals surface area contributed by atoms with Gasteiger partial charge in [-0.1, -0.05) is 6.08 Å². The molecule has 4 nitrogen and oxygen atoms in total. The molecule has 0 heterocycles. The van der Waals surface area contributed by atoms with Gasteiger partial charge in [0.1, 0.15) is 6.61 Å². The number of amides is 1. The van der Waals surface area contributed by atoms with Crippen molar-refractivity contribution in [1.29, 1.82) is 0 Å². The summed E-state index contributed by atoms with van der Waals surface area (Å²) in [6, 6.07) is 0. The molecule has 0 rings (SSSR count). The van der Waals surface area contributed by atoms with Crippen LogP contribution in [0.1, 0.15) is 6.92 Å². The molecular formula is C7H11NO3. The van der Waals surface area contributed by atoms with E-state index in [0.717, 1.165) is 0 Å². The molecule has 1 N–H and O–H groups in total. The number of carbonyl (C=O) groups excluding carboxylic acids is 2. The third-order valence-corrected chi connectivity index (χ3v) is 0.877. The predicted octanol–water partition coefficient (Wildman–Crippen LogP) is -0.148. The molecule has 0 aromatic heterocycles. The van der Waals surface area contributed by atoms with Crippen LogP contribution in [-0.4, -0.2) is 25.5 Å². The van der Waals surface area contributed by atoms with E-state index in [1.165, 1.54) is 6.08 Å². The molecule has 0 fully saturated rings. The van der Waals surface area contributed by atoms with Crippen LogP contribution in [0, 0.1) is 0 Å². The Balaban J connectivity index is 3.24. The van der Waals surface area contributed by atoms with Gasteiger partial charge in [0, 0.05) is 6.08 Å². The number of hydrogen-bond donors (Lipinski definition) is 1. The van der Waals surface area contributed by atoms with Crippen LogP contribution in [0.2, 0.25) is 0 Å². The van der Waals surface area contributed by atoms with E-state index in [9.17, 15) is 9.59 Å². The maximum absolute atomic E-state index is 10.6. The molecule has 0 saturated heterocycles. The Kier molecular flexibility index (Phi) is 5.98. The zero-order valence-corrected chi connectivity index (χ0v) is 6.37. The summed E-state index contributed by atoms with van der Waals surface area (Å²) in [4.78, 5) is 20.3. The van der Waals surface area contributed by atoms with Crippen LogP contribution in [0.15, 0.2) is 12.2 Å². The van der Waals surface area contributed by atoms with Crippen LogP contribution in [0.5, 0.6) is 0 Å². The fourth-order valence-corrected chi connectivity index (χ4v) is 0.454. The highest BCUT2D eigenvalue weighted by atomic mass is 16.5. The van der Waals surface area contributed by atoms with E-state index in [0.29, 0.717) is 13.0 Å². The van der Waals surface area contributed by atoms with Crippen molar-refractivity contribution in [1.82, 2.24) is 5.32 Å². The van der Waals surface area contributed by atoms with Crippen molar-refractivity contribution in [2.45, 2.75) is 6.92 Å². The SMILES string of the molecule is C/C=C/C(=O)OCCNC=O. The van der Waals surface area contributed by atoms with Gasteiger partial charge in [0.2, 0.25) is 6.41 Å². The fraction of sp³-hybridized carbons (Fsp3) is 0.429. The van der Waals surface area contributed by atoms with E-state index in [1.54, 1.807) is 13.0 Å². The molecule has 0 aliphatic rings. The molecule has 0 aliphatic heterocycles. The predicted molar refractivity (Wildman–Crippen MR) is 39.8 cm³/mol. The molecule has 0 aliphatic carbocycles. The minimum absolute atomic E-state index is 0.210. The van der Waals surface area contributed by atoms with E-state index in [4.69, 9.17) is 0 Å². The van der Waals surface area contributed by atoms with E-state index >= 15 is 0 Å². The first-order valence-electron chi connectivity index (χ1n) is 3.27. The van der Waals surface area contributed by atoms with Crippen molar-refractivity contribution in [2.24, 2.45) is 0 Å². The summed E-state index contributed by atoms with van der Waals surface area (Å²) >= 11 is 0. The average Bonchev–Trinajstić information content (AvgIpc) is 1.99. The Labute approximate surface area is 65.2 Å². The number of allylic oxidation sites excluding steroid dienone is 1. The first kappa shape index (κ1) is 9.68. The molecular weight excluding hydrogens is 146 g/mol. The minimum Gasteiger partial charge on any atom is -0.461 e. The number of rotatable bonds is 5. The Bertz CT molecular complexity index is 154. The van der Waals surface area contributed by atoms with Crippen molar-refractivity contribution in [2.75, 3.05) is 13.2 Å². The topological polar surface area (TPSA) is 55.4 Å². The Morgan fingerprint density at radius 2 is 2.36 bits per heavy atom. The summed E-state index contributed by atoms with van der Waals surface area (Å²) in [6.45, 7) is 2.29. The zero-order chi connectivity index (χ0) is 8.53. The van der Waals surface area contributed by atoms with Crippen LogP contribution >= 0.6 is 0 Å². The van der Waals surface area contributed by atoms with Crippen molar-refractivity contribution < 1.29 is 14.3 Å². The molecule has 1 amide bonds. The lowest BCUT2D eigenvalue weighted by Gasteiger charge is -1.99. The highest BCUT2D eigenvalue weighted by Crippen LogP contribution is 1.79. The van der Waals surface area contributed by atoms with Crippen molar-refractivity contribution >= 4 is 12.4 Å². The first-order valence-corrected chi connectivity index (χ1v) is 3.27. The summed E-state index contributed by atoms with van der Waals surface area (Å²) in [5.74, 6) is -0.389. The minimum atomic E-state index is -0.389. The fourth-order valence-electron chi connectivity index (χ4n) is 0.454. The number of hydrogen-bond acceptors (Lipinski definition) is 3. The first-order chi connectivity index (χ1) is 5.31. The van der Waals surface area contributed by atoms with Gasteiger partial charge in [-0.25, -0.2) is 4.79 Å². The van der Waals surface area contributed by atoms with Crippen molar-refractivity contribution in [3.63, 3.8) is 0 Å². The van der Waals surface area contributed by atoms with Crippen LogP contribution in [-0.2, 0) is 14.3 Å². The lowest BCUT2D eigenvalue weighted by molar-refractivity contribution is -0.137. The van der Waals surface area contributed by atoms with Gasteiger partial charge in [0.05, 0.1) is 6.54 Å². The van der Waals surface area contributed by atoms with Crippen LogP contribution < -0.4 is 5.32 Å². The van der Waals surface area contributed by atoms with Gasteiger partial charge >= 0.3 is 5.97 Å². The van der Waals surface area contributed by atoms with Crippen LogP contribution in [0.25, 0.3) is 0 Å². The molecule has 11 heavy (non-hydrogen) atoms. The largest absolute Gasteiger partial charge is 0.461 e. The van der Waals surface area contributed by atoms with Gasteiger partial charge in [-0.3, -0.25) is 4.79 Å². The van der Waals surface area contributed by atoms with Gasteiger partial charge in [-0.2, -0.15) is 0 Å². The highest BCUT2D eigenvalue weighted by molar-refractivity contribution is 5.81. The number of carbonyl (C=O) groups is 2. The van der Waals surface area contributed by atoms with Gasteiger partial charge in [0.15, 0.2) is 0 Å². The number of nitrogens with one attached hydrogen (secondary N) is 1. The van der Waals surface area contributed by atoms with Gasteiger partial charge in [0.25, 0.3) is 0 Å². The van der Waals surface area contributed by atoms with E-state index in [-0.39, 0.29) is 12.6 Å². The third kappa shape index (κ3) is 6.57.